The number of rotatable bonds is 7. The molecule has 2 aliphatic heterocycles. The Labute approximate surface area is 240 Å². The standard InChI is InChI=1S/C31H36N6O4/c1-33(2)25-11-7-10-24(16-25)19-35-20-28-36(27(30(35)40)17-22-12-14-26(38)15-13-22)29(39)21-34(3)37(28)31(41)32-18-23-8-5-4-6-9-23/h4-16,27-28,38H,17-21H2,1-3H3,(H,32,41)/t27-,28+/m0/s1. The number of nitrogens with one attached hydrogen (secondary N) is 1. The first-order valence-corrected chi connectivity index (χ1v) is 13.7. The molecule has 5 rings (SSSR count). The molecule has 0 saturated carbocycles. The van der Waals surface area contributed by atoms with Crippen molar-refractivity contribution in [1.29, 1.82) is 0 Å². The lowest BCUT2D eigenvalue weighted by Gasteiger charge is -2.54. The zero-order valence-electron chi connectivity index (χ0n) is 23.6. The van der Waals surface area contributed by atoms with Crippen LogP contribution in [0.2, 0.25) is 0 Å². The molecule has 3 aromatic carbocycles. The molecule has 2 heterocycles. The van der Waals surface area contributed by atoms with Crippen molar-refractivity contribution in [1.82, 2.24) is 25.1 Å². The fourth-order valence-electron chi connectivity index (χ4n) is 5.51. The summed E-state index contributed by atoms with van der Waals surface area (Å²) >= 11 is 0. The van der Waals surface area contributed by atoms with Gasteiger partial charge in [0.05, 0.1) is 13.1 Å². The number of amides is 4. The summed E-state index contributed by atoms with van der Waals surface area (Å²) in [5.41, 5.74) is 3.74. The third kappa shape index (κ3) is 6.12. The second-order valence-corrected chi connectivity index (χ2v) is 10.8. The second kappa shape index (κ2) is 11.9. The minimum Gasteiger partial charge on any atom is -0.508 e. The molecule has 4 amide bonds. The number of fused-ring (bicyclic) bond motifs is 1. The molecule has 0 radical (unpaired) electrons. The van der Waals surface area contributed by atoms with Crippen molar-refractivity contribution in [2.45, 2.75) is 31.7 Å². The highest BCUT2D eigenvalue weighted by Crippen LogP contribution is 2.29. The molecule has 2 aliphatic rings. The Morgan fingerprint density at radius 3 is 2.37 bits per heavy atom. The van der Waals surface area contributed by atoms with E-state index < -0.39 is 12.2 Å². The molecule has 0 aromatic heterocycles. The van der Waals surface area contributed by atoms with Crippen LogP contribution in [0.5, 0.6) is 5.75 Å². The number of carbonyl (C=O) groups excluding carboxylic acids is 3. The first-order valence-electron chi connectivity index (χ1n) is 13.7. The third-order valence-electron chi connectivity index (χ3n) is 7.60. The van der Waals surface area contributed by atoms with E-state index in [0.29, 0.717) is 13.1 Å². The molecule has 41 heavy (non-hydrogen) atoms. The SMILES string of the molecule is CN(C)c1cccc(CN2C[C@@H]3N(C(=O)CN(C)N3C(=O)NCc3ccccc3)[C@@H](Cc3ccc(O)cc3)C2=O)c1. The van der Waals surface area contributed by atoms with E-state index in [2.05, 4.69) is 5.32 Å². The van der Waals surface area contributed by atoms with E-state index in [0.717, 1.165) is 22.4 Å². The molecule has 10 heteroatoms. The fourth-order valence-corrected chi connectivity index (χ4v) is 5.51. The third-order valence-corrected chi connectivity index (χ3v) is 7.60. The molecule has 0 spiro atoms. The Kier molecular flexibility index (Phi) is 8.11. The highest BCUT2D eigenvalue weighted by Gasteiger charge is 2.50. The summed E-state index contributed by atoms with van der Waals surface area (Å²) in [5.74, 6) is -0.260. The van der Waals surface area contributed by atoms with Crippen LogP contribution in [-0.2, 0) is 29.1 Å². The minimum atomic E-state index is -0.805. The number of anilines is 1. The van der Waals surface area contributed by atoms with Gasteiger partial charge in [0.15, 0.2) is 0 Å². The van der Waals surface area contributed by atoms with Crippen molar-refractivity contribution in [2.75, 3.05) is 39.1 Å². The minimum absolute atomic E-state index is 0.0283. The van der Waals surface area contributed by atoms with Gasteiger partial charge in [-0.3, -0.25) is 9.59 Å². The van der Waals surface area contributed by atoms with Gasteiger partial charge in [0.25, 0.3) is 0 Å². The molecular weight excluding hydrogens is 520 g/mol. The number of urea groups is 1. The predicted octanol–water partition coefficient (Wildman–Crippen LogP) is 2.64. The van der Waals surface area contributed by atoms with E-state index in [-0.39, 0.29) is 43.1 Å². The van der Waals surface area contributed by atoms with E-state index in [1.54, 1.807) is 51.1 Å². The van der Waals surface area contributed by atoms with Crippen LogP contribution >= 0.6 is 0 Å². The van der Waals surface area contributed by atoms with Gasteiger partial charge in [-0.1, -0.05) is 54.6 Å². The summed E-state index contributed by atoms with van der Waals surface area (Å²) in [6.45, 7) is 0.821. The first kappa shape index (κ1) is 28.0. The van der Waals surface area contributed by atoms with E-state index in [9.17, 15) is 19.5 Å². The van der Waals surface area contributed by atoms with Crippen molar-refractivity contribution >= 4 is 23.5 Å². The lowest BCUT2D eigenvalue weighted by atomic mass is 9.98. The smallest absolute Gasteiger partial charge is 0.334 e. The number of phenolic OH excluding ortho intramolecular Hbond substituents is 1. The number of likely N-dealkylation sites (N-methyl/N-ethyl adjacent to an activating group) is 1. The molecule has 2 atom stereocenters. The number of nitrogens with zero attached hydrogens (tertiary/aromatic N) is 5. The number of phenols is 1. The normalized spacial score (nSPS) is 19.2. The zero-order valence-corrected chi connectivity index (χ0v) is 23.6. The van der Waals surface area contributed by atoms with E-state index in [4.69, 9.17) is 0 Å². The molecule has 214 valence electrons. The molecule has 10 nitrogen and oxygen atoms in total. The quantitative estimate of drug-likeness (QED) is 0.464. The van der Waals surface area contributed by atoms with Gasteiger partial charge in [0.2, 0.25) is 11.8 Å². The molecule has 0 aliphatic carbocycles. The van der Waals surface area contributed by atoms with Crippen molar-refractivity contribution in [3.63, 3.8) is 0 Å². The summed E-state index contributed by atoms with van der Waals surface area (Å²) in [6, 6.07) is 23.1. The Morgan fingerprint density at radius 2 is 1.66 bits per heavy atom. The molecule has 3 aromatic rings. The maximum Gasteiger partial charge on any atom is 0.334 e. The maximum atomic E-state index is 14.0. The number of aromatic hydroxyl groups is 1. The van der Waals surface area contributed by atoms with Crippen LogP contribution in [0.15, 0.2) is 78.9 Å². The number of benzene rings is 3. The summed E-state index contributed by atoms with van der Waals surface area (Å²) < 4.78 is 0. The topological polar surface area (TPSA) is 99.7 Å². The first-order chi connectivity index (χ1) is 19.7. The highest BCUT2D eigenvalue weighted by atomic mass is 16.3. The Balaban J connectivity index is 1.46. The lowest BCUT2D eigenvalue weighted by molar-refractivity contribution is -0.187. The van der Waals surface area contributed by atoms with Gasteiger partial charge < -0.3 is 25.1 Å². The van der Waals surface area contributed by atoms with Gasteiger partial charge in [-0.05, 0) is 41.0 Å². The average Bonchev–Trinajstić information content (AvgIpc) is 2.95. The Hall–Kier alpha value is -4.57. The van der Waals surface area contributed by atoms with Gasteiger partial charge in [0, 0.05) is 46.3 Å². The van der Waals surface area contributed by atoms with Crippen LogP contribution in [0.3, 0.4) is 0 Å². The van der Waals surface area contributed by atoms with Crippen LogP contribution in [0.25, 0.3) is 0 Å². The number of carbonyl (C=O) groups is 3. The summed E-state index contributed by atoms with van der Waals surface area (Å²) in [5, 5.41) is 15.9. The van der Waals surface area contributed by atoms with E-state index >= 15 is 0 Å². The predicted molar refractivity (Wildman–Crippen MR) is 156 cm³/mol. The lowest BCUT2D eigenvalue weighted by Crippen LogP contribution is -2.76. The van der Waals surface area contributed by atoms with E-state index in [1.807, 2.05) is 73.6 Å². The summed E-state index contributed by atoms with van der Waals surface area (Å²) in [7, 11) is 5.64. The number of hydrazine groups is 1. The zero-order chi connectivity index (χ0) is 29.1. The van der Waals surface area contributed by atoms with Crippen molar-refractivity contribution < 1.29 is 19.5 Å². The van der Waals surface area contributed by atoms with Crippen molar-refractivity contribution in [2.24, 2.45) is 0 Å². The molecule has 0 unspecified atom stereocenters. The molecule has 2 N–H and O–H groups in total. The molecule has 2 fully saturated rings. The average molecular weight is 557 g/mol. The van der Waals surface area contributed by atoms with Gasteiger partial charge in [0.1, 0.15) is 18.0 Å². The highest BCUT2D eigenvalue weighted by molar-refractivity contribution is 5.91. The van der Waals surface area contributed by atoms with Gasteiger partial charge in [-0.2, -0.15) is 0 Å². The van der Waals surface area contributed by atoms with Crippen LogP contribution in [0, 0.1) is 0 Å². The van der Waals surface area contributed by atoms with Gasteiger partial charge in [-0.25, -0.2) is 14.8 Å². The Morgan fingerprint density at radius 1 is 0.951 bits per heavy atom. The molecule has 0 bridgehead atoms. The number of hydrogen-bond acceptors (Lipinski definition) is 6. The monoisotopic (exact) mass is 556 g/mol. The Bertz CT molecular complexity index is 1400. The van der Waals surface area contributed by atoms with Crippen molar-refractivity contribution in [3.8, 4) is 5.75 Å². The number of hydrogen-bond donors (Lipinski definition) is 2. The fraction of sp³-hybridized carbons (Fsp3) is 0.323. The van der Waals surface area contributed by atoms with E-state index in [1.165, 1.54) is 0 Å². The van der Waals surface area contributed by atoms with Gasteiger partial charge >= 0.3 is 6.03 Å². The van der Waals surface area contributed by atoms with Crippen LogP contribution < -0.4 is 10.2 Å². The summed E-state index contributed by atoms with van der Waals surface area (Å²) in [4.78, 5) is 46.4. The van der Waals surface area contributed by atoms with Crippen LogP contribution in [0.1, 0.15) is 16.7 Å². The van der Waals surface area contributed by atoms with Crippen LogP contribution in [0.4, 0.5) is 10.5 Å². The van der Waals surface area contributed by atoms with Crippen LogP contribution in [-0.4, -0.2) is 89.2 Å². The number of piperazine rings is 1. The summed E-state index contributed by atoms with van der Waals surface area (Å²) in [6.07, 6.45) is -0.424. The maximum absolute atomic E-state index is 14.0. The molecular formula is C31H36N6O4. The largest absolute Gasteiger partial charge is 0.508 e. The van der Waals surface area contributed by atoms with Gasteiger partial charge in [-0.15, -0.1) is 0 Å². The second-order valence-electron chi connectivity index (χ2n) is 10.8. The molecule has 2 saturated heterocycles. The van der Waals surface area contributed by atoms with Crippen molar-refractivity contribution in [3.05, 3.63) is 95.6 Å².